The lowest BCUT2D eigenvalue weighted by atomic mass is 10.1. The molecular formula is C24H42N2O3S. The minimum atomic E-state index is -0.346. The number of benzene rings is 1. The molecule has 0 aliphatic rings. The van der Waals surface area contributed by atoms with E-state index in [0.29, 0.717) is 13.2 Å². The molecule has 0 fully saturated rings. The van der Waals surface area contributed by atoms with Crippen molar-refractivity contribution < 1.29 is 14.3 Å². The Balaban J connectivity index is 0.00000407. The molecule has 0 amide bonds. The molecular weight excluding hydrogens is 396 g/mol. The zero-order valence-electron chi connectivity index (χ0n) is 20.0. The largest absolute Gasteiger partial charge is 0.468 e. The number of rotatable bonds is 12. The summed E-state index contributed by atoms with van der Waals surface area (Å²) in [4.78, 5) is 12.8. The maximum Gasteiger partial charge on any atom is 0.322 e. The predicted octanol–water partition coefficient (Wildman–Crippen LogP) is 4.94. The van der Waals surface area contributed by atoms with Gasteiger partial charge in [0.1, 0.15) is 6.04 Å². The Morgan fingerprint density at radius 1 is 1.13 bits per heavy atom. The first kappa shape index (κ1) is 28.5. The van der Waals surface area contributed by atoms with Gasteiger partial charge >= 0.3 is 5.97 Å². The molecule has 0 aromatic heterocycles. The van der Waals surface area contributed by atoms with Gasteiger partial charge in [-0.1, -0.05) is 55.9 Å². The molecule has 1 unspecified atom stereocenters. The number of aryl methyl sites for hydroxylation is 2. The first-order chi connectivity index (χ1) is 14.2. The van der Waals surface area contributed by atoms with Crippen LogP contribution < -0.4 is 10.6 Å². The number of unbranched alkanes of at least 4 members (excludes halogenated alkanes) is 1. The summed E-state index contributed by atoms with van der Waals surface area (Å²) in [6, 6.07) is 8.22. The highest BCUT2D eigenvalue weighted by Crippen LogP contribution is 2.08. The van der Waals surface area contributed by atoms with Crippen LogP contribution >= 0.6 is 12.2 Å². The number of methoxy groups -OCH3 is 1. The zero-order valence-corrected chi connectivity index (χ0v) is 20.8. The SMILES string of the molecule is CC.COC(=O)C(CCCCNC(=S)CCc1ccc(C)cc1)NCOC(C)(C)C. The van der Waals surface area contributed by atoms with Crippen molar-refractivity contribution >= 4 is 23.2 Å². The Morgan fingerprint density at radius 2 is 1.77 bits per heavy atom. The van der Waals surface area contributed by atoms with Crippen molar-refractivity contribution in [3.8, 4) is 0 Å². The first-order valence-corrected chi connectivity index (χ1v) is 11.4. The van der Waals surface area contributed by atoms with Gasteiger partial charge in [0.15, 0.2) is 0 Å². The minimum Gasteiger partial charge on any atom is -0.468 e. The van der Waals surface area contributed by atoms with E-state index in [4.69, 9.17) is 21.7 Å². The lowest BCUT2D eigenvalue weighted by Crippen LogP contribution is -2.41. The average Bonchev–Trinajstić information content (AvgIpc) is 2.71. The van der Waals surface area contributed by atoms with Crippen LogP contribution in [0.5, 0.6) is 0 Å². The van der Waals surface area contributed by atoms with E-state index in [1.165, 1.54) is 18.2 Å². The first-order valence-electron chi connectivity index (χ1n) is 11.0. The van der Waals surface area contributed by atoms with E-state index in [0.717, 1.165) is 37.2 Å². The predicted molar refractivity (Wildman–Crippen MR) is 130 cm³/mol. The van der Waals surface area contributed by atoms with Crippen LogP contribution in [0.4, 0.5) is 0 Å². The molecule has 0 saturated heterocycles. The van der Waals surface area contributed by atoms with Crippen molar-refractivity contribution in [1.82, 2.24) is 10.6 Å². The van der Waals surface area contributed by atoms with Crippen molar-refractivity contribution in [2.75, 3.05) is 20.4 Å². The van der Waals surface area contributed by atoms with Crippen LogP contribution in [0.1, 0.15) is 71.4 Å². The smallest absolute Gasteiger partial charge is 0.322 e. The van der Waals surface area contributed by atoms with E-state index in [-0.39, 0.29) is 17.6 Å². The van der Waals surface area contributed by atoms with Crippen LogP contribution in [0, 0.1) is 6.92 Å². The monoisotopic (exact) mass is 438 g/mol. The standard InChI is InChI=1S/C22H36N2O3S.C2H6/c1-17-9-11-18(12-10-17)13-14-20(28)23-15-7-6-8-19(21(25)26-5)24-16-27-22(2,3)4;1-2/h9-12,19,24H,6-8,13-16H2,1-5H3,(H,23,28);1-2H3. The van der Waals surface area contributed by atoms with E-state index in [1.54, 1.807) is 0 Å². The number of hydrogen-bond acceptors (Lipinski definition) is 5. The van der Waals surface area contributed by atoms with Crippen LogP contribution in [-0.4, -0.2) is 43.0 Å². The molecule has 5 nitrogen and oxygen atoms in total. The Morgan fingerprint density at radius 3 is 2.33 bits per heavy atom. The maximum atomic E-state index is 11.9. The van der Waals surface area contributed by atoms with Gasteiger partial charge in [-0.2, -0.15) is 0 Å². The molecule has 0 radical (unpaired) electrons. The van der Waals surface area contributed by atoms with E-state index in [9.17, 15) is 4.79 Å². The summed E-state index contributed by atoms with van der Waals surface area (Å²) in [5, 5.41) is 6.44. The Kier molecular flexibility index (Phi) is 15.4. The highest BCUT2D eigenvalue weighted by Gasteiger charge is 2.19. The summed E-state index contributed by atoms with van der Waals surface area (Å²) in [5.74, 6) is -0.251. The molecule has 30 heavy (non-hydrogen) atoms. The van der Waals surface area contributed by atoms with Crippen LogP contribution in [0.3, 0.4) is 0 Å². The number of nitrogens with one attached hydrogen (secondary N) is 2. The molecule has 6 heteroatoms. The summed E-state index contributed by atoms with van der Waals surface area (Å²) < 4.78 is 10.5. The van der Waals surface area contributed by atoms with Crippen molar-refractivity contribution in [2.45, 2.75) is 85.3 Å². The van der Waals surface area contributed by atoms with E-state index < -0.39 is 0 Å². The summed E-state index contributed by atoms with van der Waals surface area (Å²) in [6.07, 6.45) is 4.36. The molecule has 0 spiro atoms. The quantitative estimate of drug-likeness (QED) is 0.208. The molecule has 0 aliphatic carbocycles. The fourth-order valence-electron chi connectivity index (χ4n) is 2.61. The normalized spacial score (nSPS) is 11.8. The molecule has 2 N–H and O–H groups in total. The van der Waals surface area contributed by atoms with Gasteiger partial charge < -0.3 is 14.8 Å². The number of esters is 1. The molecule has 0 saturated carbocycles. The fourth-order valence-corrected chi connectivity index (χ4v) is 2.81. The third-order valence-electron chi connectivity index (χ3n) is 4.32. The van der Waals surface area contributed by atoms with Crippen LogP contribution in [0.15, 0.2) is 24.3 Å². The Labute approximate surface area is 189 Å². The fraction of sp³-hybridized carbons (Fsp3) is 0.667. The van der Waals surface area contributed by atoms with Gasteiger partial charge in [0.2, 0.25) is 0 Å². The maximum absolute atomic E-state index is 11.9. The lowest BCUT2D eigenvalue weighted by Gasteiger charge is -2.22. The second-order valence-corrected chi connectivity index (χ2v) is 8.51. The summed E-state index contributed by atoms with van der Waals surface area (Å²) >= 11 is 5.42. The summed E-state index contributed by atoms with van der Waals surface area (Å²) in [7, 11) is 1.41. The Hall–Kier alpha value is -1.50. The number of ether oxygens (including phenoxy) is 2. The lowest BCUT2D eigenvalue weighted by molar-refractivity contribution is -0.144. The van der Waals surface area contributed by atoms with Crippen LogP contribution in [0.25, 0.3) is 0 Å². The average molecular weight is 439 g/mol. The summed E-state index contributed by atoms with van der Waals surface area (Å²) in [5.41, 5.74) is 2.33. The van der Waals surface area contributed by atoms with Crippen molar-refractivity contribution in [1.29, 1.82) is 0 Å². The van der Waals surface area contributed by atoms with Crippen LogP contribution in [-0.2, 0) is 20.7 Å². The number of carbonyl (C=O) groups excluding carboxylic acids is 1. The third-order valence-corrected chi connectivity index (χ3v) is 4.67. The van der Waals surface area contributed by atoms with E-state index >= 15 is 0 Å². The van der Waals surface area contributed by atoms with Gasteiger partial charge in [-0.3, -0.25) is 10.1 Å². The second kappa shape index (κ2) is 16.2. The van der Waals surface area contributed by atoms with E-state index in [1.807, 2.05) is 34.6 Å². The van der Waals surface area contributed by atoms with Crippen LogP contribution in [0.2, 0.25) is 0 Å². The van der Waals surface area contributed by atoms with Gasteiger partial charge in [-0.15, -0.1) is 0 Å². The molecule has 1 atom stereocenters. The van der Waals surface area contributed by atoms with Gasteiger partial charge in [0, 0.05) is 13.0 Å². The van der Waals surface area contributed by atoms with Gasteiger partial charge in [-0.25, -0.2) is 0 Å². The van der Waals surface area contributed by atoms with Crippen molar-refractivity contribution in [3.63, 3.8) is 0 Å². The molecule has 0 bridgehead atoms. The minimum absolute atomic E-state index is 0.244. The highest BCUT2D eigenvalue weighted by molar-refractivity contribution is 7.80. The molecule has 1 rings (SSSR count). The summed E-state index contributed by atoms with van der Waals surface area (Å²) in [6.45, 7) is 13.2. The molecule has 1 aromatic rings. The van der Waals surface area contributed by atoms with Gasteiger partial charge in [0.05, 0.1) is 24.4 Å². The number of thiocarbonyl (C=S) groups is 1. The molecule has 0 heterocycles. The van der Waals surface area contributed by atoms with Crippen molar-refractivity contribution in [2.24, 2.45) is 0 Å². The number of carbonyl (C=O) groups is 1. The number of hydrogen-bond donors (Lipinski definition) is 2. The van der Waals surface area contributed by atoms with Crippen molar-refractivity contribution in [3.05, 3.63) is 35.4 Å². The van der Waals surface area contributed by atoms with E-state index in [2.05, 4.69) is 41.8 Å². The van der Waals surface area contributed by atoms with Gasteiger partial charge in [0.25, 0.3) is 0 Å². The Bertz CT molecular complexity index is 597. The van der Waals surface area contributed by atoms with Gasteiger partial charge in [-0.05, 0) is 58.9 Å². The molecule has 0 aliphatic heterocycles. The third kappa shape index (κ3) is 14.5. The molecule has 1 aromatic carbocycles. The topological polar surface area (TPSA) is 59.6 Å². The molecule has 172 valence electrons. The zero-order chi connectivity index (χ0) is 23.0. The second-order valence-electron chi connectivity index (χ2n) is 8.01. The highest BCUT2D eigenvalue weighted by atomic mass is 32.1.